The molecule has 0 unspecified atom stereocenters. The van der Waals surface area contributed by atoms with Gasteiger partial charge in [0.1, 0.15) is 17.6 Å². The van der Waals surface area contributed by atoms with Crippen molar-refractivity contribution in [3.63, 3.8) is 0 Å². The van der Waals surface area contributed by atoms with Gasteiger partial charge in [-0.1, -0.05) is 0 Å². The summed E-state index contributed by atoms with van der Waals surface area (Å²) in [5.74, 6) is 1.34. The maximum Gasteiger partial charge on any atom is 0.257 e. The average Bonchev–Trinajstić information content (AvgIpc) is 3.29. The molecule has 142 valence electrons. The third-order valence-electron chi connectivity index (χ3n) is 5.01. The van der Waals surface area contributed by atoms with E-state index in [4.69, 9.17) is 4.42 Å². The molecule has 4 heterocycles. The van der Waals surface area contributed by atoms with E-state index in [0.29, 0.717) is 42.3 Å². The molecule has 0 fully saturated rings. The maximum atomic E-state index is 12.9. The van der Waals surface area contributed by atoms with E-state index in [1.54, 1.807) is 30.1 Å². The monoisotopic (exact) mass is 369 g/mol. The number of amides is 1. The summed E-state index contributed by atoms with van der Waals surface area (Å²) in [4.78, 5) is 14.8. The molecule has 0 aliphatic carbocycles. The molecule has 0 saturated heterocycles. The second kappa shape index (κ2) is 6.70. The zero-order chi connectivity index (χ0) is 19.1. The molecule has 1 atom stereocenters. The van der Waals surface area contributed by atoms with E-state index in [0.717, 1.165) is 17.9 Å². The van der Waals surface area contributed by atoms with E-state index in [-0.39, 0.29) is 5.91 Å². The number of aliphatic hydroxyl groups excluding tert-OH is 1. The van der Waals surface area contributed by atoms with Crippen molar-refractivity contribution < 1.29 is 14.3 Å². The van der Waals surface area contributed by atoms with E-state index in [1.165, 1.54) is 0 Å². The van der Waals surface area contributed by atoms with E-state index >= 15 is 0 Å². The van der Waals surface area contributed by atoms with Crippen LogP contribution in [0, 0.1) is 13.8 Å². The van der Waals surface area contributed by atoms with Crippen molar-refractivity contribution in [2.75, 3.05) is 6.54 Å². The number of carbonyl (C=O) groups is 1. The van der Waals surface area contributed by atoms with E-state index in [1.807, 2.05) is 29.5 Å². The van der Waals surface area contributed by atoms with Gasteiger partial charge in [-0.2, -0.15) is 10.2 Å². The zero-order valence-electron chi connectivity index (χ0n) is 15.7. The number of aromatic nitrogens is 4. The van der Waals surface area contributed by atoms with Crippen LogP contribution in [0.4, 0.5) is 0 Å². The Hall–Kier alpha value is -2.87. The smallest absolute Gasteiger partial charge is 0.257 e. The lowest BCUT2D eigenvalue weighted by Gasteiger charge is -2.19. The summed E-state index contributed by atoms with van der Waals surface area (Å²) < 4.78 is 9.03. The van der Waals surface area contributed by atoms with E-state index < -0.39 is 6.10 Å². The topological polar surface area (TPSA) is 89.3 Å². The van der Waals surface area contributed by atoms with Gasteiger partial charge in [-0.05, 0) is 38.5 Å². The lowest BCUT2D eigenvalue weighted by atomic mass is 10.1. The molecule has 27 heavy (non-hydrogen) atoms. The summed E-state index contributed by atoms with van der Waals surface area (Å²) >= 11 is 0. The molecule has 1 amide bonds. The van der Waals surface area contributed by atoms with Crippen LogP contribution in [0.1, 0.15) is 51.5 Å². The quantitative estimate of drug-likeness (QED) is 0.762. The van der Waals surface area contributed by atoms with Gasteiger partial charge in [0.15, 0.2) is 0 Å². The van der Waals surface area contributed by atoms with Gasteiger partial charge >= 0.3 is 0 Å². The fraction of sp³-hybridized carbons (Fsp3) is 0.421. The first-order valence-corrected chi connectivity index (χ1v) is 9.03. The predicted octanol–water partition coefficient (Wildman–Crippen LogP) is 1.95. The highest BCUT2D eigenvalue weighted by Gasteiger charge is 2.26. The van der Waals surface area contributed by atoms with Crippen molar-refractivity contribution in [1.82, 2.24) is 24.5 Å². The second-order valence-electron chi connectivity index (χ2n) is 6.97. The largest absolute Gasteiger partial charge is 0.466 e. The van der Waals surface area contributed by atoms with Crippen molar-refractivity contribution >= 4 is 5.91 Å². The highest BCUT2D eigenvalue weighted by Crippen LogP contribution is 2.24. The fourth-order valence-corrected chi connectivity index (χ4v) is 3.61. The number of aliphatic hydroxyl groups is 1. The minimum absolute atomic E-state index is 0.0345. The van der Waals surface area contributed by atoms with Gasteiger partial charge in [0, 0.05) is 26.3 Å². The van der Waals surface area contributed by atoms with Crippen LogP contribution < -0.4 is 0 Å². The summed E-state index contributed by atoms with van der Waals surface area (Å²) in [7, 11) is 1.79. The Balaban J connectivity index is 1.59. The third-order valence-corrected chi connectivity index (χ3v) is 5.01. The van der Waals surface area contributed by atoms with Crippen molar-refractivity contribution in [2.24, 2.45) is 7.05 Å². The molecule has 1 aliphatic heterocycles. The molecule has 0 saturated carbocycles. The lowest BCUT2D eigenvalue weighted by molar-refractivity contribution is 0.0744. The summed E-state index contributed by atoms with van der Waals surface area (Å²) in [6.07, 6.45) is 1.60. The average molecular weight is 369 g/mol. The van der Waals surface area contributed by atoms with Crippen LogP contribution in [-0.4, -0.2) is 42.0 Å². The molecule has 0 radical (unpaired) electrons. The van der Waals surface area contributed by atoms with Crippen LogP contribution in [0.3, 0.4) is 0 Å². The molecule has 1 aliphatic rings. The summed E-state index contributed by atoms with van der Waals surface area (Å²) in [5.41, 5.74) is 2.77. The molecule has 3 aromatic heterocycles. The van der Waals surface area contributed by atoms with Crippen LogP contribution in [0.25, 0.3) is 0 Å². The first-order valence-electron chi connectivity index (χ1n) is 9.03. The van der Waals surface area contributed by atoms with Gasteiger partial charge < -0.3 is 14.4 Å². The Morgan fingerprint density at radius 1 is 1.30 bits per heavy atom. The Kier molecular flexibility index (Phi) is 4.35. The molecule has 3 aromatic rings. The first kappa shape index (κ1) is 17.5. The Labute approximate surface area is 157 Å². The van der Waals surface area contributed by atoms with Crippen molar-refractivity contribution in [1.29, 1.82) is 0 Å². The number of nitrogens with zero attached hydrogens (tertiary/aromatic N) is 5. The summed E-state index contributed by atoms with van der Waals surface area (Å²) in [6, 6.07) is 5.43. The van der Waals surface area contributed by atoms with Crippen LogP contribution in [0.2, 0.25) is 0 Å². The third kappa shape index (κ3) is 3.16. The summed E-state index contributed by atoms with van der Waals surface area (Å²) in [5, 5.41) is 19.3. The lowest BCUT2D eigenvalue weighted by Crippen LogP contribution is -2.30. The molecular weight excluding hydrogens is 346 g/mol. The van der Waals surface area contributed by atoms with Crippen LogP contribution in [0.15, 0.2) is 28.8 Å². The van der Waals surface area contributed by atoms with Crippen molar-refractivity contribution in [3.8, 4) is 0 Å². The van der Waals surface area contributed by atoms with Gasteiger partial charge in [0.25, 0.3) is 5.91 Å². The minimum Gasteiger partial charge on any atom is -0.466 e. The number of aryl methyl sites for hydroxylation is 4. The maximum absolute atomic E-state index is 12.9. The Bertz CT molecular complexity index is 984. The van der Waals surface area contributed by atoms with Crippen molar-refractivity contribution in [3.05, 3.63) is 58.6 Å². The van der Waals surface area contributed by atoms with E-state index in [2.05, 4.69) is 10.2 Å². The molecule has 8 heteroatoms. The normalized spacial score (nSPS) is 15.5. The SMILES string of the molecule is Cc1cc(C(=O)N2CCCn3nc([C@@H](O)c4ccnn4C)cc3C2)c(C)o1. The Morgan fingerprint density at radius 3 is 2.78 bits per heavy atom. The number of furan rings is 1. The first-order chi connectivity index (χ1) is 12.9. The number of hydrogen-bond acceptors (Lipinski definition) is 5. The van der Waals surface area contributed by atoms with Crippen molar-refractivity contribution in [2.45, 2.75) is 39.5 Å². The van der Waals surface area contributed by atoms with Gasteiger partial charge in [-0.3, -0.25) is 14.2 Å². The number of carbonyl (C=O) groups excluding carboxylic acids is 1. The molecule has 8 nitrogen and oxygen atoms in total. The molecule has 1 N–H and O–H groups in total. The van der Waals surface area contributed by atoms with Gasteiger partial charge in [0.2, 0.25) is 0 Å². The molecular formula is C19H23N5O3. The van der Waals surface area contributed by atoms with Crippen LogP contribution in [0.5, 0.6) is 0 Å². The van der Waals surface area contributed by atoms with Gasteiger partial charge in [-0.25, -0.2) is 0 Å². The highest BCUT2D eigenvalue weighted by atomic mass is 16.3. The number of rotatable bonds is 3. The Morgan fingerprint density at radius 2 is 2.11 bits per heavy atom. The number of hydrogen-bond donors (Lipinski definition) is 1. The highest BCUT2D eigenvalue weighted by molar-refractivity contribution is 5.95. The molecule has 0 bridgehead atoms. The second-order valence-corrected chi connectivity index (χ2v) is 6.97. The summed E-state index contributed by atoms with van der Waals surface area (Å²) in [6.45, 7) is 5.47. The van der Waals surface area contributed by atoms with Crippen LogP contribution >= 0.6 is 0 Å². The zero-order valence-corrected chi connectivity index (χ0v) is 15.7. The predicted molar refractivity (Wildman–Crippen MR) is 97.0 cm³/mol. The molecule has 4 rings (SSSR count). The van der Waals surface area contributed by atoms with Crippen LogP contribution in [-0.2, 0) is 20.1 Å². The minimum atomic E-state index is -0.847. The molecule has 0 spiro atoms. The van der Waals surface area contributed by atoms with E-state index in [9.17, 15) is 9.90 Å². The van der Waals surface area contributed by atoms with Gasteiger partial charge in [-0.15, -0.1) is 0 Å². The van der Waals surface area contributed by atoms with Gasteiger partial charge in [0.05, 0.1) is 29.2 Å². The number of fused-ring (bicyclic) bond motifs is 1. The molecule has 0 aromatic carbocycles. The standard InChI is InChI=1S/C19H23N5O3/c1-12-9-15(13(2)27-12)19(26)23-7-4-8-24-14(11-23)10-16(21-24)18(25)17-5-6-20-22(17)3/h5-6,9-10,18,25H,4,7-8,11H2,1-3H3/t18-/m1/s1. The fourth-order valence-electron chi connectivity index (χ4n) is 3.61.